The van der Waals surface area contributed by atoms with Crippen molar-refractivity contribution in [1.82, 2.24) is 4.57 Å². The Hall–Kier alpha value is -2.35. The summed E-state index contributed by atoms with van der Waals surface area (Å²) in [6.45, 7) is 13.5. The Labute approximate surface area is 145 Å². The van der Waals surface area contributed by atoms with E-state index in [1.54, 1.807) is 0 Å². The second kappa shape index (κ2) is 5.94. The molecule has 1 aromatic heterocycles. The molecule has 0 aliphatic heterocycles. The van der Waals surface area contributed by atoms with Gasteiger partial charge in [-0.3, -0.25) is 0 Å². The maximum Gasteiger partial charge on any atom is 0.272 e. The molecular weight excluding hydrogens is 292 g/mol. The zero-order valence-electron chi connectivity index (χ0n) is 15.6. The molecule has 0 radical (unpaired) electrons. The van der Waals surface area contributed by atoms with Crippen LogP contribution in [0.5, 0.6) is 0 Å². The van der Waals surface area contributed by atoms with E-state index in [4.69, 9.17) is 0 Å². The molecule has 3 aromatic rings. The van der Waals surface area contributed by atoms with Crippen LogP contribution in [0.2, 0.25) is 0 Å². The first-order chi connectivity index (χ1) is 11.3. The predicted molar refractivity (Wildman–Crippen MR) is 100 cm³/mol. The van der Waals surface area contributed by atoms with Crippen LogP contribution in [-0.4, -0.2) is 4.57 Å². The molecule has 124 valence electrons. The molecule has 0 atom stereocenters. The Morgan fingerprint density at radius 2 is 1.38 bits per heavy atom. The lowest BCUT2D eigenvalue weighted by molar-refractivity contribution is -0.614. The molecule has 2 heteroatoms. The highest BCUT2D eigenvalue weighted by molar-refractivity contribution is 5.39. The van der Waals surface area contributed by atoms with Crippen molar-refractivity contribution in [2.24, 2.45) is 0 Å². The Balaban J connectivity index is 2.42. The highest BCUT2D eigenvalue weighted by Gasteiger charge is 2.36. The van der Waals surface area contributed by atoms with E-state index >= 15 is 0 Å². The number of hydrogen-bond acceptors (Lipinski definition) is 0. The van der Waals surface area contributed by atoms with Gasteiger partial charge in [0.15, 0.2) is 0 Å². The molecule has 0 bridgehead atoms. The van der Waals surface area contributed by atoms with Crippen LogP contribution in [0.15, 0.2) is 54.6 Å². The number of aromatic nitrogens is 2. The lowest BCUT2D eigenvalue weighted by atomic mass is 9.94. The van der Waals surface area contributed by atoms with Crippen LogP contribution < -0.4 is 4.57 Å². The summed E-state index contributed by atoms with van der Waals surface area (Å²) in [5.74, 6) is 1.30. The number of benzene rings is 2. The van der Waals surface area contributed by atoms with Crippen molar-refractivity contribution >= 4 is 0 Å². The van der Waals surface area contributed by atoms with Gasteiger partial charge in [-0.05, 0) is 51.5 Å². The fourth-order valence-corrected chi connectivity index (χ4v) is 3.41. The topological polar surface area (TPSA) is 8.81 Å². The first-order valence-electron chi connectivity index (χ1n) is 8.58. The van der Waals surface area contributed by atoms with Crippen LogP contribution in [0.3, 0.4) is 0 Å². The van der Waals surface area contributed by atoms with Gasteiger partial charge in [-0.25, -0.2) is 0 Å². The first kappa shape index (κ1) is 16.5. The summed E-state index contributed by atoms with van der Waals surface area (Å²) in [6, 6.07) is 19.3. The minimum Gasteiger partial charge on any atom is -0.196 e. The molecule has 0 N–H and O–H groups in total. The van der Waals surface area contributed by atoms with Gasteiger partial charge in [-0.1, -0.05) is 36.4 Å². The maximum absolute atomic E-state index is 2.43. The number of aryl methyl sites for hydroxylation is 1. The third-order valence-electron chi connectivity index (χ3n) is 4.66. The molecule has 0 saturated heterocycles. The summed E-state index contributed by atoms with van der Waals surface area (Å²) in [5.41, 5.74) is 6.36. The zero-order valence-corrected chi connectivity index (χ0v) is 15.6. The molecule has 24 heavy (non-hydrogen) atoms. The Morgan fingerprint density at radius 1 is 0.792 bits per heavy atom. The van der Waals surface area contributed by atoms with Crippen LogP contribution in [0, 0.1) is 20.8 Å². The molecule has 0 amide bonds. The van der Waals surface area contributed by atoms with E-state index in [0.29, 0.717) is 0 Å². The minimum absolute atomic E-state index is 0.0111. The molecule has 2 aromatic carbocycles. The van der Waals surface area contributed by atoms with Crippen molar-refractivity contribution < 1.29 is 4.57 Å². The molecule has 0 spiro atoms. The van der Waals surface area contributed by atoms with Gasteiger partial charge in [-0.2, -0.15) is 9.13 Å². The number of hydrogen-bond donors (Lipinski definition) is 0. The van der Waals surface area contributed by atoms with E-state index in [1.807, 2.05) is 0 Å². The fraction of sp³-hybridized carbons (Fsp3) is 0.318. The van der Waals surface area contributed by atoms with E-state index in [0.717, 1.165) is 0 Å². The molecule has 3 rings (SSSR count). The lowest BCUT2D eigenvalue weighted by Crippen LogP contribution is -2.43. The molecule has 2 nitrogen and oxygen atoms in total. The molecule has 0 aliphatic rings. The summed E-state index contributed by atoms with van der Waals surface area (Å²) in [4.78, 5) is 0. The average molecular weight is 319 g/mol. The predicted octanol–water partition coefficient (Wildman–Crippen LogP) is 4.98. The standard InChI is InChI=1S/C22H27N2/c1-16-12-10-11-15-20(16)24-18(3)17(2)23(21(24)22(4,5)6)19-13-8-7-9-14-19/h7-15H,1-6H3/q+1. The summed E-state index contributed by atoms with van der Waals surface area (Å²) in [6.07, 6.45) is 0. The Kier molecular flexibility index (Phi) is 4.08. The molecule has 0 unspecified atom stereocenters. The Bertz CT molecular complexity index is 865. The van der Waals surface area contributed by atoms with Crippen molar-refractivity contribution in [3.8, 4) is 11.4 Å². The third kappa shape index (κ3) is 2.66. The van der Waals surface area contributed by atoms with E-state index in [1.165, 1.54) is 34.2 Å². The van der Waals surface area contributed by atoms with Crippen molar-refractivity contribution in [3.63, 3.8) is 0 Å². The lowest BCUT2D eigenvalue weighted by Gasteiger charge is -2.18. The maximum atomic E-state index is 2.43. The number of nitrogens with zero attached hydrogens (tertiary/aromatic N) is 2. The van der Waals surface area contributed by atoms with Gasteiger partial charge in [0.1, 0.15) is 22.8 Å². The van der Waals surface area contributed by atoms with Crippen molar-refractivity contribution in [1.29, 1.82) is 0 Å². The number of rotatable bonds is 2. The highest BCUT2D eigenvalue weighted by atomic mass is 15.2. The number of imidazole rings is 1. The second-order valence-electron chi connectivity index (χ2n) is 7.54. The van der Waals surface area contributed by atoms with Gasteiger partial charge in [0.25, 0.3) is 5.82 Å². The summed E-state index contributed by atoms with van der Waals surface area (Å²) in [5, 5.41) is 0. The zero-order chi connectivity index (χ0) is 17.5. The van der Waals surface area contributed by atoms with Crippen molar-refractivity contribution in [2.45, 2.75) is 47.0 Å². The second-order valence-corrected chi connectivity index (χ2v) is 7.54. The van der Waals surface area contributed by atoms with E-state index in [9.17, 15) is 0 Å². The van der Waals surface area contributed by atoms with Gasteiger partial charge < -0.3 is 0 Å². The SMILES string of the molecule is Cc1ccccc1-[n+]1c(C)c(C)n(-c2ccccc2)c1C(C)(C)C. The van der Waals surface area contributed by atoms with Crippen LogP contribution >= 0.6 is 0 Å². The van der Waals surface area contributed by atoms with Crippen LogP contribution in [0.4, 0.5) is 0 Å². The molecule has 0 saturated carbocycles. The molecular formula is C22H27N2+. The average Bonchev–Trinajstić information content (AvgIpc) is 2.81. The van der Waals surface area contributed by atoms with Crippen LogP contribution in [0.1, 0.15) is 43.5 Å². The summed E-state index contributed by atoms with van der Waals surface area (Å²) < 4.78 is 4.83. The van der Waals surface area contributed by atoms with Gasteiger partial charge >= 0.3 is 0 Å². The third-order valence-corrected chi connectivity index (χ3v) is 4.66. The first-order valence-corrected chi connectivity index (χ1v) is 8.58. The van der Waals surface area contributed by atoms with E-state index < -0.39 is 0 Å². The fourth-order valence-electron chi connectivity index (χ4n) is 3.41. The van der Waals surface area contributed by atoms with Crippen molar-refractivity contribution in [3.05, 3.63) is 77.4 Å². The normalized spacial score (nSPS) is 11.8. The molecule has 1 heterocycles. The summed E-state index contributed by atoms with van der Waals surface area (Å²) >= 11 is 0. The number of para-hydroxylation sites is 2. The summed E-state index contributed by atoms with van der Waals surface area (Å²) in [7, 11) is 0. The van der Waals surface area contributed by atoms with E-state index in [-0.39, 0.29) is 5.41 Å². The van der Waals surface area contributed by atoms with Gasteiger partial charge in [0, 0.05) is 13.8 Å². The quantitative estimate of drug-likeness (QED) is 0.589. The highest BCUT2D eigenvalue weighted by Crippen LogP contribution is 2.28. The van der Waals surface area contributed by atoms with Crippen LogP contribution in [-0.2, 0) is 5.41 Å². The van der Waals surface area contributed by atoms with Gasteiger partial charge in [0.05, 0.1) is 5.41 Å². The van der Waals surface area contributed by atoms with E-state index in [2.05, 4.69) is 105 Å². The van der Waals surface area contributed by atoms with Crippen LogP contribution in [0.25, 0.3) is 11.4 Å². The largest absolute Gasteiger partial charge is 0.272 e. The minimum atomic E-state index is 0.0111. The monoisotopic (exact) mass is 319 g/mol. The Morgan fingerprint density at radius 3 is 1.96 bits per heavy atom. The van der Waals surface area contributed by atoms with Gasteiger partial charge in [0.2, 0.25) is 0 Å². The van der Waals surface area contributed by atoms with Gasteiger partial charge in [-0.15, -0.1) is 0 Å². The molecule has 0 fully saturated rings. The smallest absolute Gasteiger partial charge is 0.196 e. The molecule has 0 aliphatic carbocycles. The van der Waals surface area contributed by atoms with Crippen molar-refractivity contribution in [2.75, 3.05) is 0 Å².